The number of carbonyl (C=O) groups excluding carboxylic acids is 1. The van der Waals surface area contributed by atoms with E-state index >= 15 is 0 Å². The van der Waals surface area contributed by atoms with Crippen molar-refractivity contribution in [3.8, 4) is 0 Å². The third kappa shape index (κ3) is 5.10. The average molecular weight is 486 g/mol. The number of Topliss-reactive ketones (excluding diaryl/α,β-unsaturated/α-hetero) is 1. The first-order valence-electron chi connectivity index (χ1n) is 10.2. The summed E-state index contributed by atoms with van der Waals surface area (Å²) in [4.78, 5) is 21.0. The van der Waals surface area contributed by atoms with Crippen LogP contribution in [0.15, 0.2) is 58.6 Å². The van der Waals surface area contributed by atoms with Gasteiger partial charge in [0.15, 0.2) is 5.78 Å². The first-order chi connectivity index (χ1) is 15.8. The van der Waals surface area contributed by atoms with Gasteiger partial charge in [-0.2, -0.15) is 0 Å². The van der Waals surface area contributed by atoms with Crippen molar-refractivity contribution in [2.45, 2.75) is 29.1 Å². The Labute approximate surface area is 194 Å². The molecule has 1 aliphatic rings. The lowest BCUT2D eigenvalue weighted by Gasteiger charge is -2.16. The number of anilines is 4. The van der Waals surface area contributed by atoms with E-state index in [2.05, 4.69) is 25.3 Å². The van der Waals surface area contributed by atoms with Crippen LogP contribution in [0.1, 0.15) is 28.8 Å². The van der Waals surface area contributed by atoms with E-state index in [-0.39, 0.29) is 10.7 Å². The minimum atomic E-state index is -3.67. The standard InChI is InChI=1S/C22H23N5O4S2/c1-23-33(30,31)16-7-9-20(32(2)29)18(11-16)27-22-12-21(24-13-25-22)26-15-6-8-17-14(10-15)4-3-5-19(17)28/h6-13,23H,3-5H2,1-2H3,(H2,24,25,26,27). The minimum Gasteiger partial charge on any atom is -0.340 e. The Hall–Kier alpha value is -3.15. The van der Waals surface area contributed by atoms with Crippen molar-refractivity contribution in [3.63, 3.8) is 0 Å². The number of aryl methyl sites for hydroxylation is 1. The molecule has 1 atom stereocenters. The van der Waals surface area contributed by atoms with Crippen LogP contribution in [-0.4, -0.2) is 41.7 Å². The Morgan fingerprint density at radius 3 is 2.45 bits per heavy atom. The number of hydrogen-bond acceptors (Lipinski definition) is 8. The molecular weight excluding hydrogens is 462 g/mol. The van der Waals surface area contributed by atoms with Crippen molar-refractivity contribution in [1.82, 2.24) is 14.7 Å². The number of benzene rings is 2. The lowest BCUT2D eigenvalue weighted by atomic mass is 9.90. The second-order valence-corrected chi connectivity index (χ2v) is 10.7. The summed E-state index contributed by atoms with van der Waals surface area (Å²) in [5, 5.41) is 6.26. The maximum absolute atomic E-state index is 12.2. The van der Waals surface area contributed by atoms with Crippen molar-refractivity contribution >= 4 is 49.6 Å². The van der Waals surface area contributed by atoms with Crippen molar-refractivity contribution in [2.24, 2.45) is 0 Å². The predicted molar refractivity (Wildman–Crippen MR) is 127 cm³/mol. The van der Waals surface area contributed by atoms with E-state index in [9.17, 15) is 17.4 Å². The van der Waals surface area contributed by atoms with Crippen LogP contribution in [0.2, 0.25) is 0 Å². The minimum absolute atomic E-state index is 0.0395. The molecule has 3 N–H and O–H groups in total. The number of hydrogen-bond donors (Lipinski definition) is 3. The largest absolute Gasteiger partial charge is 0.340 e. The van der Waals surface area contributed by atoms with Gasteiger partial charge in [-0.15, -0.1) is 0 Å². The van der Waals surface area contributed by atoms with Crippen LogP contribution >= 0.6 is 0 Å². The van der Waals surface area contributed by atoms with Gasteiger partial charge in [0.05, 0.1) is 26.3 Å². The third-order valence-electron chi connectivity index (χ3n) is 5.30. The summed E-state index contributed by atoms with van der Waals surface area (Å²) >= 11 is 0. The molecule has 0 spiro atoms. The Morgan fingerprint density at radius 2 is 1.73 bits per heavy atom. The van der Waals surface area contributed by atoms with E-state index in [0.717, 1.165) is 29.7 Å². The van der Waals surface area contributed by atoms with E-state index in [4.69, 9.17) is 0 Å². The molecule has 1 aromatic heterocycles. The van der Waals surface area contributed by atoms with Crippen LogP contribution in [0.5, 0.6) is 0 Å². The first kappa shape index (κ1) is 23.0. The lowest BCUT2D eigenvalue weighted by molar-refractivity contribution is 0.0972. The molecule has 0 saturated heterocycles. The van der Waals surface area contributed by atoms with Gasteiger partial charge in [-0.25, -0.2) is 23.1 Å². The Morgan fingerprint density at radius 1 is 0.970 bits per heavy atom. The fourth-order valence-electron chi connectivity index (χ4n) is 3.65. The summed E-state index contributed by atoms with van der Waals surface area (Å²) in [6.45, 7) is 0. The monoisotopic (exact) mass is 485 g/mol. The van der Waals surface area contributed by atoms with Gasteiger partial charge in [-0.05, 0) is 61.9 Å². The average Bonchev–Trinajstić information content (AvgIpc) is 2.79. The van der Waals surface area contributed by atoms with Gasteiger partial charge in [-0.3, -0.25) is 9.00 Å². The van der Waals surface area contributed by atoms with E-state index < -0.39 is 20.8 Å². The summed E-state index contributed by atoms with van der Waals surface area (Å²) < 4.78 is 38.8. The van der Waals surface area contributed by atoms with E-state index in [1.807, 2.05) is 18.2 Å². The van der Waals surface area contributed by atoms with E-state index in [1.165, 1.54) is 37.8 Å². The van der Waals surface area contributed by atoms with Gasteiger partial charge in [0, 0.05) is 30.0 Å². The van der Waals surface area contributed by atoms with Crippen LogP contribution in [0.3, 0.4) is 0 Å². The molecule has 1 unspecified atom stereocenters. The number of nitrogens with one attached hydrogen (secondary N) is 3. The van der Waals surface area contributed by atoms with Crippen LogP contribution in [0.25, 0.3) is 0 Å². The molecule has 0 saturated carbocycles. The highest BCUT2D eigenvalue weighted by Crippen LogP contribution is 2.28. The molecule has 172 valence electrons. The Balaban J connectivity index is 1.61. The maximum atomic E-state index is 12.2. The number of fused-ring (bicyclic) bond motifs is 1. The molecule has 3 aromatic rings. The molecular formula is C22H23N5O4S2. The normalized spacial score (nSPS) is 14.4. The molecule has 0 amide bonds. The topological polar surface area (TPSA) is 130 Å². The number of carbonyl (C=O) groups is 1. The molecule has 0 fully saturated rings. The predicted octanol–water partition coefficient (Wildman–Crippen LogP) is 3.13. The highest BCUT2D eigenvalue weighted by atomic mass is 32.2. The van der Waals surface area contributed by atoms with Gasteiger partial charge in [0.2, 0.25) is 10.0 Å². The lowest BCUT2D eigenvalue weighted by Crippen LogP contribution is -2.18. The van der Waals surface area contributed by atoms with Gasteiger partial charge in [-0.1, -0.05) is 0 Å². The van der Waals surface area contributed by atoms with E-state index in [1.54, 1.807) is 6.07 Å². The van der Waals surface area contributed by atoms with Crippen molar-refractivity contribution in [3.05, 3.63) is 59.9 Å². The fraction of sp³-hybridized carbons (Fsp3) is 0.227. The summed E-state index contributed by atoms with van der Waals surface area (Å²) in [6.07, 6.45) is 5.17. The molecule has 0 aliphatic heterocycles. The molecule has 2 aromatic carbocycles. The third-order valence-corrected chi connectivity index (χ3v) is 7.68. The molecule has 0 bridgehead atoms. The first-order valence-corrected chi connectivity index (χ1v) is 13.2. The second-order valence-electron chi connectivity index (χ2n) is 7.51. The van der Waals surface area contributed by atoms with Gasteiger partial charge < -0.3 is 10.6 Å². The van der Waals surface area contributed by atoms with Gasteiger partial charge in [0.1, 0.15) is 18.0 Å². The summed E-state index contributed by atoms with van der Waals surface area (Å²) in [5.41, 5.74) is 2.95. The number of ketones is 1. The highest BCUT2D eigenvalue weighted by molar-refractivity contribution is 7.89. The van der Waals surface area contributed by atoms with Crippen LogP contribution in [0, 0.1) is 0 Å². The fourth-order valence-corrected chi connectivity index (χ4v) is 5.08. The highest BCUT2D eigenvalue weighted by Gasteiger charge is 2.18. The molecule has 4 rings (SSSR count). The van der Waals surface area contributed by atoms with Crippen LogP contribution in [-0.2, 0) is 27.2 Å². The molecule has 11 heteroatoms. The molecule has 0 radical (unpaired) electrons. The molecule has 1 heterocycles. The molecule has 9 nitrogen and oxygen atoms in total. The number of nitrogens with zero attached hydrogens (tertiary/aromatic N) is 2. The maximum Gasteiger partial charge on any atom is 0.240 e. The quantitative estimate of drug-likeness (QED) is 0.465. The van der Waals surface area contributed by atoms with Crippen molar-refractivity contribution in [1.29, 1.82) is 0 Å². The van der Waals surface area contributed by atoms with E-state index in [0.29, 0.717) is 28.6 Å². The zero-order valence-corrected chi connectivity index (χ0v) is 19.7. The van der Waals surface area contributed by atoms with Crippen LogP contribution < -0.4 is 15.4 Å². The molecule has 1 aliphatic carbocycles. The zero-order valence-electron chi connectivity index (χ0n) is 18.1. The smallest absolute Gasteiger partial charge is 0.240 e. The van der Waals surface area contributed by atoms with Crippen molar-refractivity contribution in [2.75, 3.05) is 23.9 Å². The second kappa shape index (κ2) is 9.38. The van der Waals surface area contributed by atoms with Gasteiger partial charge in [0.25, 0.3) is 0 Å². The Bertz CT molecular complexity index is 1360. The zero-order chi connectivity index (χ0) is 23.6. The van der Waals surface area contributed by atoms with Gasteiger partial charge >= 0.3 is 0 Å². The molecule has 33 heavy (non-hydrogen) atoms. The Kier molecular flexibility index (Phi) is 6.54. The summed E-state index contributed by atoms with van der Waals surface area (Å²) in [7, 11) is -3.70. The van der Waals surface area contributed by atoms with Crippen LogP contribution in [0.4, 0.5) is 23.0 Å². The number of aromatic nitrogens is 2. The summed E-state index contributed by atoms with van der Waals surface area (Å²) in [5.74, 6) is 1.07. The SMILES string of the molecule is CNS(=O)(=O)c1ccc(S(C)=O)c(Nc2cc(Nc3ccc4c(c3)CCCC4=O)ncn2)c1. The summed E-state index contributed by atoms with van der Waals surface area (Å²) in [6, 6.07) is 11.6. The number of rotatable bonds is 7. The van der Waals surface area contributed by atoms with Crippen molar-refractivity contribution < 1.29 is 17.4 Å². The number of sulfonamides is 1.